The van der Waals surface area contributed by atoms with Crippen molar-refractivity contribution in [3.05, 3.63) is 30.1 Å². The molecule has 7 heteroatoms. The van der Waals surface area contributed by atoms with Crippen LogP contribution in [0, 0.1) is 5.82 Å². The fraction of sp³-hybridized carbons (Fsp3) is 0.125. The largest absolute Gasteiger partial charge is 0.392 e. The second kappa shape index (κ2) is 4.54. The van der Waals surface area contributed by atoms with E-state index in [1.165, 1.54) is 12.1 Å². The van der Waals surface area contributed by atoms with Crippen molar-refractivity contribution in [2.45, 2.75) is 0 Å². The van der Waals surface area contributed by atoms with Gasteiger partial charge in [-0.15, -0.1) is 0 Å². The Morgan fingerprint density at radius 1 is 1.40 bits per heavy atom. The summed E-state index contributed by atoms with van der Waals surface area (Å²) in [6.45, 7) is 0. The van der Waals surface area contributed by atoms with Crippen LogP contribution in [0.25, 0.3) is 0 Å². The van der Waals surface area contributed by atoms with Crippen molar-refractivity contribution < 1.29 is 12.8 Å². The summed E-state index contributed by atoms with van der Waals surface area (Å²) in [5.74, 6) is -0.869. The number of halogens is 1. The van der Waals surface area contributed by atoms with Gasteiger partial charge in [0.05, 0.1) is 4.99 Å². The Hall–Kier alpha value is -1.21. The van der Waals surface area contributed by atoms with Crippen LogP contribution >= 0.6 is 12.2 Å². The molecule has 0 spiro atoms. The average Bonchev–Trinajstić information content (AvgIpc) is 2.06. The maximum atomic E-state index is 12.5. The number of nitrogens with one attached hydrogen (secondary N) is 1. The van der Waals surface area contributed by atoms with Crippen molar-refractivity contribution in [3.63, 3.8) is 0 Å². The Kier molecular flexibility index (Phi) is 3.59. The zero-order valence-electron chi connectivity index (χ0n) is 7.60. The molecule has 0 aliphatic heterocycles. The van der Waals surface area contributed by atoms with Gasteiger partial charge in [0, 0.05) is 5.69 Å². The average molecular weight is 248 g/mol. The molecular weight excluding hydrogens is 239 g/mol. The number of thiocarbonyl (C=S) groups is 1. The monoisotopic (exact) mass is 248 g/mol. The van der Waals surface area contributed by atoms with Crippen LogP contribution in [0.15, 0.2) is 24.3 Å². The number of hydrogen-bond donors (Lipinski definition) is 2. The van der Waals surface area contributed by atoms with Gasteiger partial charge in [-0.3, -0.25) is 4.72 Å². The van der Waals surface area contributed by atoms with E-state index in [-0.39, 0.29) is 10.7 Å². The van der Waals surface area contributed by atoms with Crippen LogP contribution in [0.5, 0.6) is 0 Å². The molecule has 1 aromatic rings. The maximum Gasteiger partial charge on any atom is 0.239 e. The van der Waals surface area contributed by atoms with Gasteiger partial charge >= 0.3 is 0 Å². The van der Waals surface area contributed by atoms with Crippen LogP contribution in [-0.4, -0.2) is 19.2 Å². The van der Waals surface area contributed by atoms with E-state index in [2.05, 4.69) is 16.9 Å². The van der Waals surface area contributed by atoms with Gasteiger partial charge in [-0.25, -0.2) is 12.8 Å². The van der Waals surface area contributed by atoms with Crippen LogP contribution < -0.4 is 10.5 Å². The molecule has 0 radical (unpaired) electrons. The number of hydrogen-bond acceptors (Lipinski definition) is 3. The smallest absolute Gasteiger partial charge is 0.239 e. The van der Waals surface area contributed by atoms with E-state index >= 15 is 0 Å². The van der Waals surface area contributed by atoms with Gasteiger partial charge in [-0.2, -0.15) is 0 Å². The molecule has 4 nitrogen and oxygen atoms in total. The first-order chi connectivity index (χ1) is 6.89. The summed E-state index contributed by atoms with van der Waals surface area (Å²) in [5, 5.41) is 0. The Morgan fingerprint density at radius 2 is 1.93 bits per heavy atom. The molecule has 0 saturated heterocycles. The van der Waals surface area contributed by atoms with Gasteiger partial charge in [0.25, 0.3) is 0 Å². The Bertz CT molecular complexity index is 456. The number of rotatable bonds is 4. The number of anilines is 1. The molecule has 0 aliphatic rings. The minimum atomic E-state index is -3.59. The molecule has 0 bridgehead atoms. The van der Waals surface area contributed by atoms with Crippen molar-refractivity contribution in [2.24, 2.45) is 5.73 Å². The normalized spacial score (nSPS) is 11.0. The highest BCUT2D eigenvalue weighted by molar-refractivity contribution is 7.95. The molecule has 82 valence electrons. The van der Waals surface area contributed by atoms with Crippen LogP contribution in [0.3, 0.4) is 0 Å². The van der Waals surface area contributed by atoms with Crippen molar-refractivity contribution in [2.75, 3.05) is 10.5 Å². The van der Waals surface area contributed by atoms with E-state index in [4.69, 9.17) is 5.73 Å². The topological polar surface area (TPSA) is 72.2 Å². The molecular formula is C8H9FN2O2S2. The predicted molar refractivity (Wildman–Crippen MR) is 60.6 cm³/mol. The molecule has 1 rings (SSSR count). The van der Waals surface area contributed by atoms with Gasteiger partial charge < -0.3 is 5.73 Å². The highest BCUT2D eigenvalue weighted by Gasteiger charge is 2.11. The van der Waals surface area contributed by atoms with Crippen LogP contribution in [0.4, 0.5) is 10.1 Å². The Balaban J connectivity index is 2.78. The van der Waals surface area contributed by atoms with E-state index in [1.54, 1.807) is 0 Å². The van der Waals surface area contributed by atoms with Gasteiger partial charge in [-0.05, 0) is 24.3 Å². The summed E-state index contributed by atoms with van der Waals surface area (Å²) in [6, 6.07) is 4.93. The SMILES string of the molecule is NC(=S)CS(=O)(=O)Nc1ccc(F)cc1. The molecule has 0 amide bonds. The van der Waals surface area contributed by atoms with Gasteiger partial charge in [0.1, 0.15) is 11.6 Å². The second-order valence-electron chi connectivity index (χ2n) is 2.83. The zero-order chi connectivity index (χ0) is 11.5. The lowest BCUT2D eigenvalue weighted by Gasteiger charge is -2.06. The standard InChI is InChI=1S/C8H9FN2O2S2/c9-6-1-3-7(4-2-6)11-15(12,13)5-8(10)14/h1-4,11H,5H2,(H2,10,14). The van der Waals surface area contributed by atoms with E-state index in [0.717, 1.165) is 12.1 Å². The Labute approximate surface area is 92.3 Å². The summed E-state index contributed by atoms with van der Waals surface area (Å²) in [6.07, 6.45) is 0. The third-order valence-corrected chi connectivity index (χ3v) is 3.01. The number of sulfonamides is 1. The summed E-state index contributed by atoms with van der Waals surface area (Å²) >= 11 is 4.48. The first-order valence-electron chi connectivity index (χ1n) is 3.93. The minimum Gasteiger partial charge on any atom is -0.392 e. The van der Waals surface area contributed by atoms with Crippen LogP contribution in [-0.2, 0) is 10.0 Å². The molecule has 0 heterocycles. The summed E-state index contributed by atoms with van der Waals surface area (Å²) in [7, 11) is -3.59. The highest BCUT2D eigenvalue weighted by Crippen LogP contribution is 2.10. The zero-order valence-corrected chi connectivity index (χ0v) is 9.24. The molecule has 0 fully saturated rings. The molecule has 0 aromatic heterocycles. The van der Waals surface area contributed by atoms with E-state index in [0.29, 0.717) is 0 Å². The van der Waals surface area contributed by atoms with Gasteiger partial charge in [0.15, 0.2) is 0 Å². The first kappa shape index (κ1) is 11.9. The maximum absolute atomic E-state index is 12.5. The third kappa shape index (κ3) is 4.22. The predicted octanol–water partition coefficient (Wildman–Crippen LogP) is 0.853. The summed E-state index contributed by atoms with van der Waals surface area (Å²) in [4.78, 5) is -0.121. The first-order valence-corrected chi connectivity index (χ1v) is 5.99. The number of nitrogens with two attached hydrogens (primary N) is 1. The molecule has 0 aliphatic carbocycles. The van der Waals surface area contributed by atoms with E-state index < -0.39 is 21.6 Å². The fourth-order valence-corrected chi connectivity index (χ4v) is 2.33. The van der Waals surface area contributed by atoms with E-state index in [1.807, 2.05) is 0 Å². The van der Waals surface area contributed by atoms with E-state index in [9.17, 15) is 12.8 Å². The second-order valence-corrected chi connectivity index (χ2v) is 5.08. The lowest BCUT2D eigenvalue weighted by atomic mass is 10.3. The molecule has 15 heavy (non-hydrogen) atoms. The molecule has 0 atom stereocenters. The Morgan fingerprint density at radius 3 is 2.40 bits per heavy atom. The summed E-state index contributed by atoms with van der Waals surface area (Å²) in [5.41, 5.74) is 5.38. The molecule has 3 N–H and O–H groups in total. The highest BCUT2D eigenvalue weighted by atomic mass is 32.2. The van der Waals surface area contributed by atoms with Crippen molar-refractivity contribution in [1.29, 1.82) is 0 Å². The van der Waals surface area contributed by atoms with Crippen molar-refractivity contribution >= 4 is 32.9 Å². The number of benzene rings is 1. The van der Waals surface area contributed by atoms with Crippen molar-refractivity contribution in [3.8, 4) is 0 Å². The lowest BCUT2D eigenvalue weighted by Crippen LogP contribution is -2.26. The van der Waals surface area contributed by atoms with Gasteiger partial charge in [0.2, 0.25) is 10.0 Å². The lowest BCUT2D eigenvalue weighted by molar-refractivity contribution is 0.604. The molecule has 1 aromatic carbocycles. The fourth-order valence-electron chi connectivity index (χ4n) is 0.921. The van der Waals surface area contributed by atoms with Crippen LogP contribution in [0.1, 0.15) is 0 Å². The molecule has 0 unspecified atom stereocenters. The quantitative estimate of drug-likeness (QED) is 0.775. The van der Waals surface area contributed by atoms with Crippen molar-refractivity contribution in [1.82, 2.24) is 0 Å². The minimum absolute atomic E-state index is 0.121. The van der Waals surface area contributed by atoms with Crippen LogP contribution in [0.2, 0.25) is 0 Å². The van der Waals surface area contributed by atoms with Gasteiger partial charge in [-0.1, -0.05) is 12.2 Å². The molecule has 0 saturated carbocycles. The summed E-state index contributed by atoms with van der Waals surface area (Å²) < 4.78 is 37.4. The third-order valence-electron chi connectivity index (χ3n) is 1.45.